The van der Waals surface area contributed by atoms with Crippen LogP contribution < -0.4 is 11.1 Å². The average Bonchev–Trinajstić information content (AvgIpc) is 3.03. The van der Waals surface area contributed by atoms with E-state index in [1.807, 2.05) is 10.8 Å². The Morgan fingerprint density at radius 3 is 2.86 bits per heavy atom. The summed E-state index contributed by atoms with van der Waals surface area (Å²) < 4.78 is 6.93. The van der Waals surface area contributed by atoms with Gasteiger partial charge in [-0.3, -0.25) is 4.79 Å². The number of nitrogens with zero attached hydrogens (tertiary/aromatic N) is 3. The fraction of sp³-hybridized carbons (Fsp3) is 0.533. The molecule has 0 fully saturated rings. The third-order valence-electron chi connectivity index (χ3n) is 3.20. The van der Waals surface area contributed by atoms with Gasteiger partial charge in [-0.15, -0.1) is 0 Å². The van der Waals surface area contributed by atoms with Gasteiger partial charge in [0.15, 0.2) is 0 Å². The van der Waals surface area contributed by atoms with Gasteiger partial charge in [-0.2, -0.15) is 0 Å². The fourth-order valence-corrected chi connectivity index (χ4v) is 2.18. The molecule has 0 bridgehead atoms. The summed E-state index contributed by atoms with van der Waals surface area (Å²) >= 11 is 0. The standard InChI is InChI=1S/C15H23N5O2/c1-10(2)8-20-6-5-17-12(20)7-18-14(21)11-9-22-19-13(11)15(3,4)16/h5-6,9-10H,7-8,16H2,1-4H3,(H,18,21). The summed E-state index contributed by atoms with van der Waals surface area (Å²) in [6, 6.07) is 0. The van der Waals surface area contributed by atoms with Crippen LogP contribution in [0.2, 0.25) is 0 Å². The Morgan fingerprint density at radius 1 is 1.50 bits per heavy atom. The molecule has 0 radical (unpaired) electrons. The van der Waals surface area contributed by atoms with Crippen molar-refractivity contribution in [3.63, 3.8) is 0 Å². The van der Waals surface area contributed by atoms with Crippen molar-refractivity contribution in [2.24, 2.45) is 11.7 Å². The van der Waals surface area contributed by atoms with Gasteiger partial charge < -0.3 is 20.1 Å². The van der Waals surface area contributed by atoms with Gasteiger partial charge in [0.1, 0.15) is 23.3 Å². The molecule has 2 rings (SSSR count). The van der Waals surface area contributed by atoms with Crippen LogP contribution in [0.4, 0.5) is 0 Å². The Kier molecular flexibility index (Phi) is 4.65. The predicted octanol–water partition coefficient (Wildman–Crippen LogP) is 1.65. The van der Waals surface area contributed by atoms with Gasteiger partial charge in [-0.25, -0.2) is 4.98 Å². The molecule has 0 spiro atoms. The average molecular weight is 305 g/mol. The largest absolute Gasteiger partial charge is 0.364 e. The first-order valence-electron chi connectivity index (χ1n) is 7.31. The maximum absolute atomic E-state index is 12.3. The molecule has 22 heavy (non-hydrogen) atoms. The van der Waals surface area contributed by atoms with Crippen molar-refractivity contribution in [3.05, 3.63) is 35.7 Å². The lowest BCUT2D eigenvalue weighted by Crippen LogP contribution is -2.33. The van der Waals surface area contributed by atoms with Crippen molar-refractivity contribution in [1.29, 1.82) is 0 Å². The topological polar surface area (TPSA) is 99.0 Å². The van der Waals surface area contributed by atoms with Gasteiger partial charge in [0.2, 0.25) is 0 Å². The van der Waals surface area contributed by atoms with Crippen LogP contribution in [0.5, 0.6) is 0 Å². The molecular formula is C15H23N5O2. The van der Waals surface area contributed by atoms with Gasteiger partial charge >= 0.3 is 0 Å². The Balaban J connectivity index is 2.05. The fourth-order valence-electron chi connectivity index (χ4n) is 2.18. The first-order chi connectivity index (χ1) is 10.3. The van der Waals surface area contributed by atoms with Crippen LogP contribution in [-0.4, -0.2) is 20.6 Å². The molecule has 0 saturated heterocycles. The minimum absolute atomic E-state index is 0.270. The van der Waals surface area contributed by atoms with E-state index in [0.717, 1.165) is 12.4 Å². The van der Waals surface area contributed by atoms with Gasteiger partial charge in [0.05, 0.1) is 12.1 Å². The third kappa shape index (κ3) is 3.73. The molecule has 7 nitrogen and oxygen atoms in total. The highest BCUT2D eigenvalue weighted by Crippen LogP contribution is 2.19. The van der Waals surface area contributed by atoms with E-state index >= 15 is 0 Å². The van der Waals surface area contributed by atoms with E-state index < -0.39 is 5.54 Å². The molecule has 0 saturated carbocycles. The van der Waals surface area contributed by atoms with Gasteiger partial charge in [-0.1, -0.05) is 19.0 Å². The van der Waals surface area contributed by atoms with Gasteiger partial charge in [0, 0.05) is 18.9 Å². The number of amides is 1. The second-order valence-electron chi connectivity index (χ2n) is 6.37. The van der Waals surface area contributed by atoms with E-state index in [-0.39, 0.29) is 5.91 Å². The summed E-state index contributed by atoms with van der Waals surface area (Å²) in [5.74, 6) is 1.05. The monoisotopic (exact) mass is 305 g/mol. The van der Waals surface area contributed by atoms with Crippen molar-refractivity contribution in [2.45, 2.75) is 46.3 Å². The van der Waals surface area contributed by atoms with Gasteiger partial charge in [-0.05, 0) is 19.8 Å². The quantitative estimate of drug-likeness (QED) is 0.845. The second-order valence-corrected chi connectivity index (χ2v) is 6.37. The molecule has 2 heterocycles. The molecule has 3 N–H and O–H groups in total. The van der Waals surface area contributed by atoms with E-state index in [0.29, 0.717) is 23.7 Å². The molecule has 2 aromatic rings. The number of hydrogen-bond acceptors (Lipinski definition) is 5. The van der Waals surface area contributed by atoms with Crippen LogP contribution >= 0.6 is 0 Å². The van der Waals surface area contributed by atoms with E-state index in [1.165, 1.54) is 6.26 Å². The molecule has 120 valence electrons. The highest BCUT2D eigenvalue weighted by molar-refractivity contribution is 5.95. The van der Waals surface area contributed by atoms with E-state index in [9.17, 15) is 4.79 Å². The highest BCUT2D eigenvalue weighted by Gasteiger charge is 2.26. The number of nitrogens with two attached hydrogens (primary N) is 1. The van der Waals surface area contributed by atoms with Gasteiger partial charge in [0.25, 0.3) is 5.91 Å². The van der Waals surface area contributed by atoms with Crippen molar-refractivity contribution in [1.82, 2.24) is 20.0 Å². The normalized spacial score (nSPS) is 11.9. The van der Waals surface area contributed by atoms with Crippen molar-refractivity contribution in [2.75, 3.05) is 0 Å². The third-order valence-corrected chi connectivity index (χ3v) is 3.20. The second kappa shape index (κ2) is 6.31. The molecule has 7 heteroatoms. The molecule has 0 aromatic carbocycles. The molecular weight excluding hydrogens is 282 g/mol. The van der Waals surface area contributed by atoms with Crippen LogP contribution in [-0.2, 0) is 18.6 Å². The van der Waals surface area contributed by atoms with Crippen LogP contribution in [0.3, 0.4) is 0 Å². The number of carbonyl (C=O) groups excluding carboxylic acids is 1. The smallest absolute Gasteiger partial charge is 0.256 e. The zero-order valence-corrected chi connectivity index (χ0v) is 13.5. The number of imidazole rings is 1. The summed E-state index contributed by atoms with van der Waals surface area (Å²) in [7, 11) is 0. The van der Waals surface area contributed by atoms with Crippen molar-refractivity contribution in [3.8, 4) is 0 Å². The summed E-state index contributed by atoms with van der Waals surface area (Å²) in [5.41, 5.74) is 6.05. The molecule has 0 unspecified atom stereocenters. The SMILES string of the molecule is CC(C)Cn1ccnc1CNC(=O)c1conc1C(C)(C)N. The predicted molar refractivity (Wildman–Crippen MR) is 82.0 cm³/mol. The first-order valence-corrected chi connectivity index (χ1v) is 7.31. The van der Waals surface area contributed by atoms with Crippen molar-refractivity contribution >= 4 is 5.91 Å². The molecule has 0 aliphatic rings. The zero-order chi connectivity index (χ0) is 16.3. The highest BCUT2D eigenvalue weighted by atomic mass is 16.5. The summed E-state index contributed by atoms with van der Waals surface area (Å²) in [6.45, 7) is 9.02. The summed E-state index contributed by atoms with van der Waals surface area (Å²) in [5, 5.41) is 6.66. The van der Waals surface area contributed by atoms with E-state index in [4.69, 9.17) is 10.3 Å². The van der Waals surface area contributed by atoms with Crippen LogP contribution in [0.1, 0.15) is 49.6 Å². The van der Waals surface area contributed by atoms with E-state index in [1.54, 1.807) is 20.0 Å². The lowest BCUT2D eigenvalue weighted by atomic mass is 9.98. The maximum atomic E-state index is 12.3. The van der Waals surface area contributed by atoms with Crippen molar-refractivity contribution < 1.29 is 9.32 Å². The molecule has 0 aliphatic carbocycles. The summed E-state index contributed by atoms with van der Waals surface area (Å²) in [6.07, 6.45) is 4.97. The number of aromatic nitrogens is 3. The van der Waals surface area contributed by atoms with Crippen LogP contribution in [0.15, 0.2) is 23.2 Å². The zero-order valence-electron chi connectivity index (χ0n) is 13.5. The molecule has 2 aromatic heterocycles. The Hall–Kier alpha value is -2.15. The minimum Gasteiger partial charge on any atom is -0.364 e. The van der Waals surface area contributed by atoms with Crippen LogP contribution in [0.25, 0.3) is 0 Å². The number of hydrogen-bond donors (Lipinski definition) is 2. The lowest BCUT2D eigenvalue weighted by Gasteiger charge is -2.16. The Labute approximate surface area is 129 Å². The Morgan fingerprint density at radius 2 is 2.23 bits per heavy atom. The Bertz CT molecular complexity index is 636. The summed E-state index contributed by atoms with van der Waals surface area (Å²) in [4.78, 5) is 16.6. The number of rotatable bonds is 6. The lowest BCUT2D eigenvalue weighted by molar-refractivity contribution is 0.0946. The number of carbonyl (C=O) groups is 1. The maximum Gasteiger partial charge on any atom is 0.256 e. The molecule has 0 aliphatic heterocycles. The molecule has 1 amide bonds. The number of nitrogens with one attached hydrogen (secondary N) is 1. The van der Waals surface area contributed by atoms with E-state index in [2.05, 4.69) is 29.3 Å². The van der Waals surface area contributed by atoms with Crippen LogP contribution in [0, 0.1) is 5.92 Å². The first kappa shape index (κ1) is 16.2. The minimum atomic E-state index is -0.740. The molecule has 0 atom stereocenters.